The van der Waals surface area contributed by atoms with E-state index >= 15 is 0 Å². The SMILES string of the molecule is O=C(c1cc(-c2ccccn2)nc2ccccc12)N1CCN(Cc2ccc(Br)s2)CC1. The topological polar surface area (TPSA) is 49.3 Å². The maximum absolute atomic E-state index is 13.5. The van der Waals surface area contributed by atoms with E-state index < -0.39 is 0 Å². The number of pyridine rings is 2. The van der Waals surface area contributed by atoms with Crippen LogP contribution in [-0.2, 0) is 6.54 Å². The third kappa shape index (κ3) is 4.39. The van der Waals surface area contributed by atoms with E-state index in [1.807, 2.05) is 53.4 Å². The van der Waals surface area contributed by atoms with Gasteiger partial charge in [-0.1, -0.05) is 24.3 Å². The van der Waals surface area contributed by atoms with E-state index in [0.717, 1.165) is 58.8 Å². The Morgan fingerprint density at radius 1 is 0.968 bits per heavy atom. The number of aromatic nitrogens is 2. The molecule has 4 aromatic rings. The molecule has 0 unspecified atom stereocenters. The zero-order chi connectivity index (χ0) is 21.2. The van der Waals surface area contributed by atoms with Gasteiger partial charge in [-0.25, -0.2) is 4.98 Å². The summed E-state index contributed by atoms with van der Waals surface area (Å²) in [5, 5.41) is 0.887. The molecular weight excluding hydrogens is 472 g/mol. The minimum absolute atomic E-state index is 0.0642. The maximum Gasteiger partial charge on any atom is 0.254 e. The van der Waals surface area contributed by atoms with Crippen LogP contribution in [0.4, 0.5) is 0 Å². The van der Waals surface area contributed by atoms with Gasteiger partial charge in [0.15, 0.2) is 0 Å². The molecule has 4 heterocycles. The Morgan fingerprint density at radius 3 is 2.52 bits per heavy atom. The van der Waals surface area contributed by atoms with Gasteiger partial charge in [0.25, 0.3) is 5.91 Å². The molecule has 0 saturated carbocycles. The second-order valence-corrected chi connectivity index (χ2v) is 10.1. The van der Waals surface area contributed by atoms with Crippen LogP contribution in [0.25, 0.3) is 22.3 Å². The van der Waals surface area contributed by atoms with E-state index in [9.17, 15) is 4.79 Å². The molecule has 0 N–H and O–H groups in total. The van der Waals surface area contributed by atoms with Gasteiger partial charge in [-0.3, -0.25) is 14.7 Å². The summed E-state index contributed by atoms with van der Waals surface area (Å²) in [5.74, 6) is 0.0642. The Labute approximate surface area is 193 Å². The molecule has 1 amide bonds. The molecule has 3 aromatic heterocycles. The Kier molecular flexibility index (Phi) is 5.80. The van der Waals surface area contributed by atoms with Gasteiger partial charge in [-0.15, -0.1) is 11.3 Å². The largest absolute Gasteiger partial charge is 0.336 e. The highest BCUT2D eigenvalue weighted by molar-refractivity contribution is 9.11. The summed E-state index contributed by atoms with van der Waals surface area (Å²) in [6.07, 6.45) is 1.75. The summed E-state index contributed by atoms with van der Waals surface area (Å²) in [7, 11) is 0. The van der Waals surface area contributed by atoms with Crippen LogP contribution in [0.5, 0.6) is 0 Å². The number of thiophene rings is 1. The standard InChI is InChI=1S/C24H21BrN4OS/c25-23-9-8-17(31-23)16-28-11-13-29(14-12-28)24(30)19-15-22(21-7-3-4-10-26-21)27-20-6-2-1-5-18(19)20/h1-10,15H,11-14,16H2. The van der Waals surface area contributed by atoms with Crippen LogP contribution in [0.3, 0.4) is 0 Å². The molecule has 5 nitrogen and oxygen atoms in total. The highest BCUT2D eigenvalue weighted by Crippen LogP contribution is 2.26. The van der Waals surface area contributed by atoms with E-state index in [1.165, 1.54) is 4.88 Å². The van der Waals surface area contributed by atoms with Gasteiger partial charge in [-0.2, -0.15) is 0 Å². The maximum atomic E-state index is 13.5. The Morgan fingerprint density at radius 2 is 1.77 bits per heavy atom. The first-order valence-corrected chi connectivity index (χ1v) is 11.9. The minimum Gasteiger partial charge on any atom is -0.336 e. The highest BCUT2D eigenvalue weighted by atomic mass is 79.9. The number of para-hydroxylation sites is 1. The van der Waals surface area contributed by atoms with E-state index in [0.29, 0.717) is 5.56 Å². The molecule has 1 fully saturated rings. The summed E-state index contributed by atoms with van der Waals surface area (Å²) in [6, 6.07) is 19.7. The van der Waals surface area contributed by atoms with Crippen molar-refractivity contribution in [2.45, 2.75) is 6.54 Å². The number of nitrogens with zero attached hydrogens (tertiary/aromatic N) is 4. The number of hydrogen-bond donors (Lipinski definition) is 0. The number of piperazine rings is 1. The lowest BCUT2D eigenvalue weighted by Gasteiger charge is -2.34. The molecule has 7 heteroatoms. The fourth-order valence-corrected chi connectivity index (χ4v) is 5.46. The zero-order valence-corrected chi connectivity index (χ0v) is 19.3. The van der Waals surface area contributed by atoms with Crippen LogP contribution < -0.4 is 0 Å². The van der Waals surface area contributed by atoms with Crippen LogP contribution in [0.2, 0.25) is 0 Å². The predicted octanol–water partition coefficient (Wildman–Crippen LogP) is 5.08. The molecule has 156 valence electrons. The normalized spacial score (nSPS) is 14.8. The molecular formula is C24H21BrN4OS. The third-order valence-electron chi connectivity index (χ3n) is 5.54. The zero-order valence-electron chi connectivity index (χ0n) is 16.9. The average Bonchev–Trinajstić information content (AvgIpc) is 3.23. The second kappa shape index (κ2) is 8.86. The van der Waals surface area contributed by atoms with Gasteiger partial charge in [0, 0.05) is 49.2 Å². The number of benzene rings is 1. The Bertz CT molecular complexity index is 1220. The van der Waals surface area contributed by atoms with Gasteiger partial charge in [0.1, 0.15) is 0 Å². The molecule has 0 radical (unpaired) electrons. The Balaban J connectivity index is 1.38. The van der Waals surface area contributed by atoms with Crippen LogP contribution >= 0.6 is 27.3 Å². The van der Waals surface area contributed by atoms with E-state index in [1.54, 1.807) is 17.5 Å². The molecule has 0 aliphatic carbocycles. The first kappa shape index (κ1) is 20.3. The van der Waals surface area contributed by atoms with Crippen LogP contribution in [0.1, 0.15) is 15.2 Å². The van der Waals surface area contributed by atoms with Crippen molar-refractivity contribution in [3.05, 3.63) is 81.1 Å². The van der Waals surface area contributed by atoms with Crippen molar-refractivity contribution in [3.63, 3.8) is 0 Å². The summed E-state index contributed by atoms with van der Waals surface area (Å²) in [6.45, 7) is 4.12. The molecule has 5 rings (SSSR count). The van der Waals surface area contributed by atoms with E-state index in [-0.39, 0.29) is 5.91 Å². The predicted molar refractivity (Wildman–Crippen MR) is 128 cm³/mol. The lowest BCUT2D eigenvalue weighted by Crippen LogP contribution is -2.48. The summed E-state index contributed by atoms with van der Waals surface area (Å²) in [4.78, 5) is 28.4. The van der Waals surface area contributed by atoms with E-state index in [4.69, 9.17) is 4.98 Å². The van der Waals surface area contributed by atoms with Crippen LogP contribution in [0.15, 0.2) is 70.6 Å². The van der Waals surface area contributed by atoms with Gasteiger partial charge in [-0.05, 0) is 52.3 Å². The average molecular weight is 493 g/mol. The van der Waals surface area contributed by atoms with Crippen molar-refractivity contribution in [1.82, 2.24) is 19.8 Å². The molecule has 1 saturated heterocycles. The van der Waals surface area contributed by atoms with Crippen molar-refractivity contribution in [3.8, 4) is 11.4 Å². The number of amides is 1. The molecule has 1 aliphatic heterocycles. The van der Waals surface area contributed by atoms with Gasteiger partial charge in [0.05, 0.1) is 26.3 Å². The lowest BCUT2D eigenvalue weighted by molar-refractivity contribution is 0.0631. The van der Waals surface area contributed by atoms with Crippen molar-refractivity contribution < 1.29 is 4.79 Å². The molecule has 0 bridgehead atoms. The van der Waals surface area contributed by atoms with Gasteiger partial charge >= 0.3 is 0 Å². The second-order valence-electron chi connectivity index (χ2n) is 7.56. The molecule has 31 heavy (non-hydrogen) atoms. The smallest absolute Gasteiger partial charge is 0.254 e. The number of fused-ring (bicyclic) bond motifs is 1. The summed E-state index contributed by atoms with van der Waals surface area (Å²) in [5.41, 5.74) is 3.01. The minimum atomic E-state index is 0.0642. The summed E-state index contributed by atoms with van der Waals surface area (Å²) >= 11 is 5.30. The molecule has 0 atom stereocenters. The summed E-state index contributed by atoms with van der Waals surface area (Å²) < 4.78 is 1.16. The lowest BCUT2D eigenvalue weighted by atomic mass is 10.0. The third-order valence-corrected chi connectivity index (χ3v) is 7.15. The number of hydrogen-bond acceptors (Lipinski definition) is 5. The fraction of sp³-hybridized carbons (Fsp3) is 0.208. The van der Waals surface area contributed by atoms with Gasteiger partial charge in [0.2, 0.25) is 0 Å². The van der Waals surface area contributed by atoms with Crippen molar-refractivity contribution in [2.75, 3.05) is 26.2 Å². The fourth-order valence-electron chi connectivity index (χ4n) is 3.93. The molecule has 1 aromatic carbocycles. The number of carbonyl (C=O) groups is 1. The number of carbonyl (C=O) groups excluding carboxylic acids is 1. The van der Waals surface area contributed by atoms with Crippen LogP contribution in [-0.4, -0.2) is 51.9 Å². The first-order chi connectivity index (χ1) is 15.2. The number of rotatable bonds is 4. The Hall–Kier alpha value is -2.61. The highest BCUT2D eigenvalue weighted by Gasteiger charge is 2.24. The van der Waals surface area contributed by atoms with Crippen LogP contribution in [0, 0.1) is 0 Å². The van der Waals surface area contributed by atoms with E-state index in [2.05, 4.69) is 37.9 Å². The van der Waals surface area contributed by atoms with Crippen molar-refractivity contribution in [2.24, 2.45) is 0 Å². The van der Waals surface area contributed by atoms with Crippen molar-refractivity contribution >= 4 is 44.1 Å². The monoisotopic (exact) mass is 492 g/mol. The molecule has 0 spiro atoms. The quantitative estimate of drug-likeness (QED) is 0.398. The first-order valence-electron chi connectivity index (χ1n) is 10.2. The number of halogens is 1. The van der Waals surface area contributed by atoms with Crippen molar-refractivity contribution in [1.29, 1.82) is 0 Å². The molecule has 1 aliphatic rings. The van der Waals surface area contributed by atoms with Gasteiger partial charge < -0.3 is 4.90 Å².